The van der Waals surface area contributed by atoms with Crippen LogP contribution in [0.15, 0.2) is 129 Å². The number of rotatable bonds is 6. The van der Waals surface area contributed by atoms with Crippen LogP contribution < -0.4 is 4.90 Å². The molecule has 0 bridgehead atoms. The maximum atomic E-state index is 13.7. The van der Waals surface area contributed by atoms with E-state index in [0.717, 1.165) is 32.0 Å². The van der Waals surface area contributed by atoms with Gasteiger partial charge >= 0.3 is 0 Å². The van der Waals surface area contributed by atoms with E-state index in [2.05, 4.69) is 23.2 Å². The number of carbonyl (C=O) groups excluding carboxylic acids is 1. The van der Waals surface area contributed by atoms with Gasteiger partial charge in [0.15, 0.2) is 5.84 Å². The fraction of sp³-hybridized carbons (Fsp3) is 0.0333. The van der Waals surface area contributed by atoms with Crippen LogP contribution in [0.1, 0.15) is 11.1 Å². The quantitative estimate of drug-likeness (QED) is 0.190. The van der Waals surface area contributed by atoms with E-state index in [0.29, 0.717) is 17.5 Å². The fourth-order valence-corrected chi connectivity index (χ4v) is 5.41. The first kappa shape index (κ1) is 23.3. The summed E-state index contributed by atoms with van der Waals surface area (Å²) in [6.07, 6.45) is 3.87. The molecule has 0 saturated heterocycles. The van der Waals surface area contributed by atoms with Crippen molar-refractivity contribution in [2.75, 3.05) is 11.2 Å². The Morgan fingerprint density at radius 1 is 0.811 bits per heavy atom. The summed E-state index contributed by atoms with van der Waals surface area (Å²) < 4.78 is 0. The summed E-state index contributed by atoms with van der Waals surface area (Å²) in [5, 5.41) is 0. The summed E-state index contributed by atoms with van der Waals surface area (Å²) >= 11 is 3.37. The van der Waals surface area contributed by atoms with E-state index in [1.54, 1.807) is 28.4 Å². The van der Waals surface area contributed by atoms with E-state index < -0.39 is 0 Å². The van der Waals surface area contributed by atoms with Crippen molar-refractivity contribution in [3.05, 3.63) is 120 Å². The minimum Gasteiger partial charge on any atom is -0.323 e. The molecule has 2 heterocycles. The van der Waals surface area contributed by atoms with Gasteiger partial charge in [-0.2, -0.15) is 0 Å². The Hall–Kier alpha value is -4.07. The van der Waals surface area contributed by atoms with E-state index in [9.17, 15) is 4.79 Å². The Bertz CT molecular complexity index is 1640. The second kappa shape index (κ2) is 10.1. The number of amidine groups is 1. The third-order valence-electron chi connectivity index (χ3n) is 5.94. The monoisotopic (exact) mass is 518 g/mol. The van der Waals surface area contributed by atoms with Crippen LogP contribution in [0.2, 0.25) is 0 Å². The number of aromatic nitrogens is 2. The lowest BCUT2D eigenvalue weighted by molar-refractivity contribution is -0.113. The van der Waals surface area contributed by atoms with Crippen molar-refractivity contribution in [2.24, 2.45) is 4.99 Å². The second-order valence-corrected chi connectivity index (χ2v) is 10.4. The Kier molecular flexibility index (Phi) is 6.39. The number of thioether (sulfide) groups is 1. The Morgan fingerprint density at radius 2 is 1.51 bits per heavy atom. The average molecular weight is 519 g/mol. The van der Waals surface area contributed by atoms with Gasteiger partial charge in [0, 0.05) is 20.2 Å². The molecule has 0 fully saturated rings. The van der Waals surface area contributed by atoms with Crippen molar-refractivity contribution in [3.8, 4) is 0 Å². The third-order valence-corrected chi connectivity index (χ3v) is 7.68. The predicted molar refractivity (Wildman–Crippen MR) is 153 cm³/mol. The van der Waals surface area contributed by atoms with Crippen molar-refractivity contribution in [2.45, 2.75) is 14.7 Å². The summed E-state index contributed by atoms with van der Waals surface area (Å²) in [6, 6.07) is 34.1. The van der Waals surface area contributed by atoms with Gasteiger partial charge in [-0.15, -0.1) is 11.8 Å². The van der Waals surface area contributed by atoms with Crippen molar-refractivity contribution < 1.29 is 4.79 Å². The highest BCUT2D eigenvalue weighted by Gasteiger charge is 2.34. The van der Waals surface area contributed by atoms with E-state index in [1.165, 1.54) is 4.90 Å². The van der Waals surface area contributed by atoms with Gasteiger partial charge in [0.2, 0.25) is 5.95 Å². The molecule has 0 saturated carbocycles. The number of anilines is 1. The lowest BCUT2D eigenvalue weighted by atomic mass is 10.2. The number of imidazole rings is 1. The molecule has 4 aromatic carbocycles. The van der Waals surface area contributed by atoms with Crippen LogP contribution in [0, 0.1) is 0 Å². The molecular weight excluding hydrogens is 496 g/mol. The van der Waals surface area contributed by atoms with Gasteiger partial charge in [-0.05, 0) is 60.4 Å². The first-order chi connectivity index (χ1) is 18.2. The molecule has 6 rings (SSSR count). The third kappa shape index (κ3) is 4.83. The number of aliphatic imine (C=N–C) groups is 1. The predicted octanol–water partition coefficient (Wildman–Crippen LogP) is 7.27. The van der Waals surface area contributed by atoms with E-state index in [-0.39, 0.29) is 5.91 Å². The van der Waals surface area contributed by atoms with Crippen LogP contribution in [0.4, 0.5) is 5.95 Å². The molecule has 5 aromatic rings. The molecule has 1 N–H and O–H groups in total. The first-order valence-corrected chi connectivity index (χ1v) is 13.8. The van der Waals surface area contributed by atoms with Gasteiger partial charge in [-0.25, -0.2) is 14.9 Å². The lowest BCUT2D eigenvalue weighted by Gasteiger charge is -2.15. The maximum absolute atomic E-state index is 13.7. The fourth-order valence-electron chi connectivity index (χ4n) is 4.12. The zero-order valence-electron chi connectivity index (χ0n) is 20.0. The highest BCUT2D eigenvalue weighted by molar-refractivity contribution is 7.99. The van der Waals surface area contributed by atoms with Crippen LogP contribution in [0.5, 0.6) is 0 Å². The summed E-state index contributed by atoms with van der Waals surface area (Å²) in [7, 11) is 0. The van der Waals surface area contributed by atoms with Gasteiger partial charge in [0.05, 0.1) is 11.0 Å². The summed E-state index contributed by atoms with van der Waals surface area (Å²) in [4.78, 5) is 31.6. The Labute approximate surface area is 223 Å². The van der Waals surface area contributed by atoms with Gasteiger partial charge in [-0.3, -0.25) is 4.79 Å². The highest BCUT2D eigenvalue weighted by atomic mass is 32.2. The van der Waals surface area contributed by atoms with Crippen LogP contribution in [-0.2, 0) is 4.79 Å². The van der Waals surface area contributed by atoms with E-state index in [4.69, 9.17) is 9.98 Å². The molecular formula is C30H22N4OS2. The molecule has 1 amide bonds. The normalized spacial score (nSPS) is 14.5. The molecule has 5 nitrogen and oxygen atoms in total. The number of nitrogens with zero attached hydrogens (tertiary/aromatic N) is 3. The first-order valence-electron chi connectivity index (χ1n) is 11.7. The number of hydrogen-bond donors (Lipinski definition) is 1. The number of fused-ring (bicyclic) bond motifs is 1. The van der Waals surface area contributed by atoms with Gasteiger partial charge < -0.3 is 4.98 Å². The molecule has 7 heteroatoms. The number of hydrogen-bond acceptors (Lipinski definition) is 5. The van der Waals surface area contributed by atoms with Gasteiger partial charge in [-0.1, -0.05) is 72.4 Å². The smallest absolute Gasteiger partial charge is 0.285 e. The number of nitrogens with one attached hydrogen (secondary N) is 1. The van der Waals surface area contributed by atoms with Crippen molar-refractivity contribution in [1.82, 2.24) is 9.97 Å². The molecule has 0 unspecified atom stereocenters. The number of H-pyrrole nitrogens is 1. The van der Waals surface area contributed by atoms with Crippen LogP contribution in [0.3, 0.4) is 0 Å². The van der Waals surface area contributed by atoms with Crippen molar-refractivity contribution >= 4 is 58.3 Å². The number of aromatic amines is 1. The second-order valence-electron chi connectivity index (χ2n) is 8.40. The summed E-state index contributed by atoms with van der Waals surface area (Å²) in [5.41, 5.74) is 3.79. The summed E-state index contributed by atoms with van der Waals surface area (Å²) in [5.74, 6) is 0.784. The van der Waals surface area contributed by atoms with Crippen LogP contribution in [0.25, 0.3) is 17.1 Å². The largest absolute Gasteiger partial charge is 0.323 e. The van der Waals surface area contributed by atoms with E-state index >= 15 is 0 Å². The van der Waals surface area contributed by atoms with Crippen LogP contribution >= 0.6 is 23.5 Å². The Morgan fingerprint density at radius 3 is 2.24 bits per heavy atom. The zero-order chi connectivity index (χ0) is 25.2. The van der Waals surface area contributed by atoms with Crippen molar-refractivity contribution in [3.63, 3.8) is 0 Å². The molecule has 0 spiro atoms. The summed E-state index contributed by atoms with van der Waals surface area (Å²) in [6.45, 7) is 0. The van der Waals surface area contributed by atoms with Gasteiger partial charge in [0.1, 0.15) is 5.70 Å². The minimum atomic E-state index is -0.217. The SMILES string of the molecule is CSc1ccc(/C=C2/N=C(c3ccccc3)N(c3nc4ccc(Sc5ccccc5)cc4[nH]3)C2=O)cc1. The molecule has 0 radical (unpaired) electrons. The molecule has 0 aliphatic carbocycles. The average Bonchev–Trinajstić information content (AvgIpc) is 3.50. The number of benzene rings is 4. The topological polar surface area (TPSA) is 61.4 Å². The molecule has 180 valence electrons. The Balaban J connectivity index is 1.38. The van der Waals surface area contributed by atoms with E-state index in [1.807, 2.05) is 97.3 Å². The highest BCUT2D eigenvalue weighted by Crippen LogP contribution is 2.32. The zero-order valence-corrected chi connectivity index (χ0v) is 21.6. The maximum Gasteiger partial charge on any atom is 0.285 e. The van der Waals surface area contributed by atoms with Crippen LogP contribution in [-0.4, -0.2) is 28.0 Å². The molecule has 37 heavy (non-hydrogen) atoms. The molecule has 0 atom stereocenters. The molecule has 1 aromatic heterocycles. The standard InChI is InChI=1S/C30H22N4OS2/c1-36-22-14-12-20(13-15-22)18-27-29(35)34(28(31-27)21-8-4-2-5-9-21)30-32-25-17-16-24(19-26(25)33-30)37-23-10-6-3-7-11-23/h2-19H,1H3,(H,32,33)/b27-18+. The molecule has 1 aliphatic heterocycles. The van der Waals surface area contributed by atoms with Crippen molar-refractivity contribution in [1.29, 1.82) is 0 Å². The number of carbonyl (C=O) groups is 1. The lowest BCUT2D eigenvalue weighted by Crippen LogP contribution is -2.33. The number of amides is 1. The minimum absolute atomic E-state index is 0.217. The van der Waals surface area contributed by atoms with Gasteiger partial charge in [0.25, 0.3) is 5.91 Å². The molecule has 1 aliphatic rings.